The van der Waals surface area contributed by atoms with Crippen molar-refractivity contribution in [3.05, 3.63) is 35.3 Å². The van der Waals surface area contributed by atoms with Gasteiger partial charge in [0, 0.05) is 22.6 Å². The van der Waals surface area contributed by atoms with Gasteiger partial charge in [0.1, 0.15) is 5.82 Å². The number of hydrazine groups is 1. The van der Waals surface area contributed by atoms with Crippen molar-refractivity contribution in [2.45, 2.75) is 38.5 Å². The zero-order valence-electron chi connectivity index (χ0n) is 11.0. The van der Waals surface area contributed by atoms with Crippen LogP contribution in [-0.2, 0) is 0 Å². The van der Waals surface area contributed by atoms with Gasteiger partial charge in [-0.25, -0.2) is 4.39 Å². The van der Waals surface area contributed by atoms with E-state index in [2.05, 4.69) is 5.43 Å². The van der Waals surface area contributed by atoms with Gasteiger partial charge in [-0.3, -0.25) is 10.8 Å². The Morgan fingerprint density at radius 1 is 1.32 bits per heavy atom. The number of pyridine rings is 1. The molecule has 0 atom stereocenters. The van der Waals surface area contributed by atoms with Gasteiger partial charge in [-0.05, 0) is 38.0 Å². The van der Waals surface area contributed by atoms with Crippen molar-refractivity contribution >= 4 is 16.6 Å². The summed E-state index contributed by atoms with van der Waals surface area (Å²) in [6.07, 6.45) is 4.82. The van der Waals surface area contributed by atoms with E-state index in [-0.39, 0.29) is 5.82 Å². The predicted octanol–water partition coefficient (Wildman–Crippen LogP) is 3.63. The van der Waals surface area contributed by atoms with Gasteiger partial charge in [0.15, 0.2) is 0 Å². The summed E-state index contributed by atoms with van der Waals surface area (Å²) in [5, 5.41) is 0.878. The summed E-state index contributed by atoms with van der Waals surface area (Å²) in [7, 11) is 0. The minimum atomic E-state index is -0.216. The molecule has 1 aliphatic rings. The van der Waals surface area contributed by atoms with E-state index in [1.807, 2.05) is 6.07 Å². The molecule has 0 bridgehead atoms. The summed E-state index contributed by atoms with van der Waals surface area (Å²) in [5.41, 5.74) is 5.89. The first-order valence-electron chi connectivity index (χ1n) is 6.77. The maximum Gasteiger partial charge on any atom is 0.128 e. The lowest BCUT2D eigenvalue weighted by atomic mass is 10.00. The molecule has 1 heterocycles. The maximum atomic E-state index is 13.7. The van der Waals surface area contributed by atoms with Gasteiger partial charge in [-0.15, -0.1) is 0 Å². The summed E-state index contributed by atoms with van der Waals surface area (Å²) in [6, 6.07) is 5.21. The van der Waals surface area contributed by atoms with Crippen molar-refractivity contribution in [3.8, 4) is 0 Å². The van der Waals surface area contributed by atoms with Gasteiger partial charge in [-0.1, -0.05) is 12.8 Å². The average molecular weight is 259 g/mol. The standard InChI is InChI=1S/C15H18FN3/c1-9-12(16)7-6-11-14(19-17)8-13(18-15(9)11)10-4-2-3-5-10/h6-8,10H,2-5,17H2,1H3,(H,18,19). The van der Waals surface area contributed by atoms with Gasteiger partial charge in [0.25, 0.3) is 0 Å². The van der Waals surface area contributed by atoms with E-state index in [4.69, 9.17) is 10.8 Å². The number of halogens is 1. The second-order valence-electron chi connectivity index (χ2n) is 5.29. The Balaban J connectivity index is 2.22. The van der Waals surface area contributed by atoms with E-state index in [1.165, 1.54) is 18.9 Å². The van der Waals surface area contributed by atoms with Crippen LogP contribution in [0.1, 0.15) is 42.9 Å². The number of rotatable bonds is 2. The highest BCUT2D eigenvalue weighted by Crippen LogP contribution is 2.36. The minimum Gasteiger partial charge on any atom is -0.323 e. The van der Waals surface area contributed by atoms with Gasteiger partial charge in [-0.2, -0.15) is 0 Å². The maximum absolute atomic E-state index is 13.7. The summed E-state index contributed by atoms with van der Waals surface area (Å²) in [4.78, 5) is 4.69. The molecule has 0 spiro atoms. The third-order valence-electron chi connectivity index (χ3n) is 4.12. The number of aryl methyl sites for hydroxylation is 1. The van der Waals surface area contributed by atoms with Crippen LogP contribution in [0.25, 0.3) is 10.9 Å². The molecule has 100 valence electrons. The molecule has 0 amide bonds. The minimum absolute atomic E-state index is 0.216. The summed E-state index contributed by atoms with van der Waals surface area (Å²) < 4.78 is 13.7. The van der Waals surface area contributed by atoms with E-state index in [0.29, 0.717) is 11.5 Å². The Labute approximate surface area is 112 Å². The summed E-state index contributed by atoms with van der Waals surface area (Å²) in [5.74, 6) is 5.87. The Kier molecular flexibility index (Phi) is 3.11. The van der Waals surface area contributed by atoms with Crippen LogP contribution in [0, 0.1) is 12.7 Å². The van der Waals surface area contributed by atoms with Crippen LogP contribution >= 0.6 is 0 Å². The lowest BCUT2D eigenvalue weighted by molar-refractivity contribution is 0.620. The molecule has 1 saturated carbocycles. The first kappa shape index (κ1) is 12.4. The van der Waals surface area contributed by atoms with Crippen LogP contribution in [0.5, 0.6) is 0 Å². The van der Waals surface area contributed by atoms with Gasteiger partial charge in [0.2, 0.25) is 0 Å². The molecule has 1 aromatic carbocycles. The second kappa shape index (κ2) is 4.78. The molecule has 3 N–H and O–H groups in total. The number of nitrogens with two attached hydrogens (primary N) is 1. The van der Waals surface area contributed by atoms with E-state index < -0.39 is 0 Å². The molecule has 19 heavy (non-hydrogen) atoms. The molecule has 3 nitrogen and oxygen atoms in total. The monoisotopic (exact) mass is 259 g/mol. The Morgan fingerprint density at radius 2 is 2.05 bits per heavy atom. The SMILES string of the molecule is Cc1c(F)ccc2c(NN)cc(C3CCCC3)nc12. The third-order valence-corrected chi connectivity index (χ3v) is 4.12. The fourth-order valence-corrected chi connectivity index (χ4v) is 2.97. The molecule has 1 fully saturated rings. The van der Waals surface area contributed by atoms with Crippen LogP contribution in [-0.4, -0.2) is 4.98 Å². The number of nitrogens with one attached hydrogen (secondary N) is 1. The normalized spacial score (nSPS) is 16.2. The zero-order valence-corrected chi connectivity index (χ0v) is 11.0. The highest BCUT2D eigenvalue weighted by molar-refractivity contribution is 5.93. The molecular formula is C15H18FN3. The molecule has 1 aromatic heterocycles. The smallest absolute Gasteiger partial charge is 0.128 e. The van der Waals surface area contributed by atoms with E-state index in [9.17, 15) is 4.39 Å². The number of hydrogen-bond acceptors (Lipinski definition) is 3. The first-order valence-corrected chi connectivity index (χ1v) is 6.77. The molecule has 4 heteroatoms. The second-order valence-corrected chi connectivity index (χ2v) is 5.29. The number of anilines is 1. The van der Waals surface area contributed by atoms with Crippen LogP contribution in [0.3, 0.4) is 0 Å². The van der Waals surface area contributed by atoms with Crippen LogP contribution < -0.4 is 11.3 Å². The highest BCUT2D eigenvalue weighted by atomic mass is 19.1. The van der Waals surface area contributed by atoms with Crippen LogP contribution in [0.2, 0.25) is 0 Å². The van der Waals surface area contributed by atoms with Crippen molar-refractivity contribution in [2.75, 3.05) is 5.43 Å². The molecule has 1 aliphatic carbocycles. The first-order chi connectivity index (χ1) is 9.20. The number of nitrogens with zero attached hydrogens (tertiary/aromatic N) is 1. The number of hydrogen-bond donors (Lipinski definition) is 2. The van der Waals surface area contributed by atoms with Gasteiger partial charge < -0.3 is 5.43 Å². The lowest BCUT2D eigenvalue weighted by Gasteiger charge is -2.14. The highest BCUT2D eigenvalue weighted by Gasteiger charge is 2.20. The third kappa shape index (κ3) is 2.06. The number of nitrogen functional groups attached to an aromatic ring is 1. The van der Waals surface area contributed by atoms with Crippen molar-refractivity contribution in [2.24, 2.45) is 5.84 Å². The van der Waals surface area contributed by atoms with E-state index in [1.54, 1.807) is 13.0 Å². The molecule has 0 saturated heterocycles. The number of aromatic nitrogens is 1. The molecule has 2 aromatic rings. The topological polar surface area (TPSA) is 50.9 Å². The molecule has 0 aliphatic heterocycles. The quantitative estimate of drug-likeness (QED) is 0.639. The van der Waals surface area contributed by atoms with E-state index >= 15 is 0 Å². The van der Waals surface area contributed by atoms with Crippen molar-refractivity contribution in [1.82, 2.24) is 4.98 Å². The fraction of sp³-hybridized carbons (Fsp3) is 0.400. The Bertz CT molecular complexity index is 618. The fourth-order valence-electron chi connectivity index (χ4n) is 2.97. The number of fused-ring (bicyclic) bond motifs is 1. The zero-order chi connectivity index (χ0) is 13.4. The summed E-state index contributed by atoms with van der Waals surface area (Å²) >= 11 is 0. The van der Waals surface area contributed by atoms with Crippen LogP contribution in [0.4, 0.5) is 10.1 Å². The van der Waals surface area contributed by atoms with Gasteiger partial charge in [0.05, 0.1) is 11.2 Å². The number of benzene rings is 1. The Hall–Kier alpha value is -1.68. The average Bonchev–Trinajstić information content (AvgIpc) is 2.96. The molecule has 0 unspecified atom stereocenters. The van der Waals surface area contributed by atoms with Crippen LogP contribution in [0.15, 0.2) is 18.2 Å². The molecule has 0 radical (unpaired) electrons. The van der Waals surface area contributed by atoms with Crippen molar-refractivity contribution < 1.29 is 4.39 Å². The lowest BCUT2D eigenvalue weighted by Crippen LogP contribution is -2.10. The molecule has 3 rings (SSSR count). The molecular weight excluding hydrogens is 241 g/mol. The van der Waals surface area contributed by atoms with E-state index in [0.717, 1.165) is 35.1 Å². The van der Waals surface area contributed by atoms with Gasteiger partial charge >= 0.3 is 0 Å². The summed E-state index contributed by atoms with van der Waals surface area (Å²) in [6.45, 7) is 1.77. The van der Waals surface area contributed by atoms with Crippen molar-refractivity contribution in [3.63, 3.8) is 0 Å². The predicted molar refractivity (Wildman–Crippen MR) is 75.5 cm³/mol. The largest absolute Gasteiger partial charge is 0.323 e. The van der Waals surface area contributed by atoms with Crippen molar-refractivity contribution in [1.29, 1.82) is 0 Å². The Morgan fingerprint density at radius 3 is 2.74 bits per heavy atom.